The van der Waals surface area contributed by atoms with Gasteiger partial charge in [0.25, 0.3) is 0 Å². The van der Waals surface area contributed by atoms with Gasteiger partial charge in [-0.3, -0.25) is 4.79 Å². The van der Waals surface area contributed by atoms with Gasteiger partial charge in [0.05, 0.1) is 12.2 Å². The van der Waals surface area contributed by atoms with E-state index in [4.69, 9.17) is 5.73 Å². The minimum Gasteiger partial charge on any atom is -0.322 e. The van der Waals surface area contributed by atoms with Crippen molar-refractivity contribution in [1.82, 2.24) is 4.98 Å². The van der Waals surface area contributed by atoms with Crippen LogP contribution in [0.4, 0.5) is 10.8 Å². The largest absolute Gasteiger partial charge is 0.322 e. The van der Waals surface area contributed by atoms with Crippen LogP contribution in [-0.4, -0.2) is 35.3 Å². The standard InChI is InChI=1S/C13H12N4OS/c1-17-6-9-3-2-8(4-11(9)17)10-7-19-13(15-10)16-12(18)5-14/h2-4,6-7H,5,14H2,1H3/p+1. The van der Waals surface area contributed by atoms with E-state index >= 15 is 0 Å². The molecule has 96 valence electrons. The van der Waals surface area contributed by atoms with Crippen molar-refractivity contribution >= 4 is 34.3 Å². The van der Waals surface area contributed by atoms with Crippen LogP contribution in [0.25, 0.3) is 11.3 Å². The number of nitrogens with zero attached hydrogens (tertiary/aromatic N) is 2. The van der Waals surface area contributed by atoms with E-state index in [2.05, 4.69) is 33.2 Å². The minimum absolute atomic E-state index is 0.0333. The third kappa shape index (κ3) is 2.16. The Labute approximate surface area is 114 Å². The van der Waals surface area contributed by atoms with Crippen LogP contribution >= 0.6 is 11.3 Å². The predicted octanol–water partition coefficient (Wildman–Crippen LogP) is 1.41. The normalized spacial score (nSPS) is 12.4. The smallest absolute Gasteiger partial charge is 0.239 e. The number of aromatic nitrogens is 1. The zero-order chi connectivity index (χ0) is 13.4. The average molecular weight is 273 g/mol. The first kappa shape index (κ1) is 12.0. The maximum absolute atomic E-state index is 11.2. The molecule has 1 aromatic carbocycles. The number of hydrogen-bond acceptors (Lipinski definition) is 4. The number of nitrogens with two attached hydrogens (primary N) is 1. The average Bonchev–Trinajstić information content (AvgIpc) is 2.86. The van der Waals surface area contributed by atoms with Crippen molar-refractivity contribution in [2.45, 2.75) is 0 Å². The number of fused-ring (bicyclic) bond motifs is 1. The number of carbonyl (C=O) groups excluding carboxylic acids is 1. The molecule has 0 unspecified atom stereocenters. The van der Waals surface area contributed by atoms with Gasteiger partial charge in [0.1, 0.15) is 12.6 Å². The van der Waals surface area contributed by atoms with Gasteiger partial charge in [-0.05, 0) is 6.07 Å². The van der Waals surface area contributed by atoms with E-state index in [-0.39, 0.29) is 12.5 Å². The van der Waals surface area contributed by atoms with Gasteiger partial charge in [0, 0.05) is 17.0 Å². The molecule has 19 heavy (non-hydrogen) atoms. The van der Waals surface area contributed by atoms with Gasteiger partial charge in [-0.2, -0.15) is 4.58 Å². The molecule has 0 spiro atoms. The number of nitrogens with one attached hydrogen (secondary N) is 1. The quantitative estimate of drug-likeness (QED) is 0.831. The third-order valence-corrected chi connectivity index (χ3v) is 3.73. The summed E-state index contributed by atoms with van der Waals surface area (Å²) in [6.07, 6.45) is 2.08. The van der Waals surface area contributed by atoms with E-state index in [1.165, 1.54) is 22.6 Å². The van der Waals surface area contributed by atoms with E-state index in [0.29, 0.717) is 5.13 Å². The van der Waals surface area contributed by atoms with Gasteiger partial charge in [-0.1, -0.05) is 6.07 Å². The molecule has 2 aromatic rings. The van der Waals surface area contributed by atoms with Crippen LogP contribution in [0, 0.1) is 0 Å². The Bertz CT molecular complexity index is 690. The maximum Gasteiger partial charge on any atom is 0.239 e. The van der Waals surface area contributed by atoms with E-state index in [1.54, 1.807) is 0 Å². The molecule has 0 aliphatic carbocycles. The van der Waals surface area contributed by atoms with Crippen LogP contribution in [0.3, 0.4) is 0 Å². The predicted molar refractivity (Wildman–Crippen MR) is 76.2 cm³/mol. The SMILES string of the molecule is C[N+]1=Cc2ccc(-c3csc(NC(=O)CN)n3)cc21. The highest BCUT2D eigenvalue weighted by Gasteiger charge is 2.22. The van der Waals surface area contributed by atoms with Crippen molar-refractivity contribution in [3.63, 3.8) is 0 Å². The summed E-state index contributed by atoms with van der Waals surface area (Å²) in [4.78, 5) is 15.6. The van der Waals surface area contributed by atoms with Crippen molar-refractivity contribution < 1.29 is 9.37 Å². The molecule has 1 amide bonds. The Kier molecular flexibility index (Phi) is 2.88. The van der Waals surface area contributed by atoms with Crippen LogP contribution in [0.1, 0.15) is 5.56 Å². The monoisotopic (exact) mass is 273 g/mol. The highest BCUT2D eigenvalue weighted by molar-refractivity contribution is 7.14. The Balaban J connectivity index is 1.86. The van der Waals surface area contributed by atoms with Crippen LogP contribution in [0.15, 0.2) is 23.6 Å². The minimum atomic E-state index is -0.229. The molecule has 5 nitrogen and oxygen atoms in total. The number of anilines is 1. The molecule has 0 atom stereocenters. The van der Waals surface area contributed by atoms with Crippen molar-refractivity contribution in [2.75, 3.05) is 18.9 Å². The fourth-order valence-corrected chi connectivity index (χ4v) is 2.70. The molecular weight excluding hydrogens is 260 g/mol. The van der Waals surface area contributed by atoms with Crippen molar-refractivity contribution in [1.29, 1.82) is 0 Å². The van der Waals surface area contributed by atoms with Crippen LogP contribution in [0.2, 0.25) is 0 Å². The van der Waals surface area contributed by atoms with Crippen molar-refractivity contribution in [3.05, 3.63) is 29.1 Å². The molecule has 1 aliphatic rings. The number of amides is 1. The lowest BCUT2D eigenvalue weighted by Gasteiger charge is -2.09. The van der Waals surface area contributed by atoms with Gasteiger partial charge in [-0.15, -0.1) is 11.3 Å². The van der Waals surface area contributed by atoms with Gasteiger partial charge >= 0.3 is 0 Å². The van der Waals surface area contributed by atoms with Gasteiger partial charge < -0.3 is 11.1 Å². The van der Waals surface area contributed by atoms with Gasteiger partial charge in [0.2, 0.25) is 11.6 Å². The van der Waals surface area contributed by atoms with E-state index in [1.807, 2.05) is 18.5 Å². The fraction of sp³-hybridized carbons (Fsp3) is 0.154. The third-order valence-electron chi connectivity index (χ3n) is 2.97. The van der Waals surface area contributed by atoms with E-state index in [9.17, 15) is 4.79 Å². The Morgan fingerprint density at radius 3 is 3.11 bits per heavy atom. The summed E-state index contributed by atoms with van der Waals surface area (Å²) in [5.41, 5.74) is 9.59. The topological polar surface area (TPSA) is 71.0 Å². The molecule has 0 saturated heterocycles. The summed E-state index contributed by atoms with van der Waals surface area (Å²) in [6, 6.07) is 6.20. The summed E-state index contributed by atoms with van der Waals surface area (Å²) in [5.74, 6) is -0.229. The van der Waals surface area contributed by atoms with Crippen molar-refractivity contribution in [3.8, 4) is 11.3 Å². The molecular formula is C13H13N4OS+. The van der Waals surface area contributed by atoms with Gasteiger partial charge in [0.15, 0.2) is 11.3 Å². The Morgan fingerprint density at radius 2 is 2.37 bits per heavy atom. The molecule has 0 fully saturated rings. The van der Waals surface area contributed by atoms with Crippen LogP contribution < -0.4 is 11.1 Å². The molecule has 3 N–H and O–H groups in total. The highest BCUT2D eigenvalue weighted by atomic mass is 32.1. The molecule has 0 radical (unpaired) electrons. The second-order valence-electron chi connectivity index (χ2n) is 4.30. The second kappa shape index (κ2) is 4.56. The molecule has 3 rings (SSSR count). The lowest BCUT2D eigenvalue weighted by molar-refractivity contribution is -0.411. The molecule has 1 aromatic heterocycles. The number of benzene rings is 1. The van der Waals surface area contributed by atoms with E-state index in [0.717, 1.165) is 11.3 Å². The Hall–Kier alpha value is -2.05. The fourth-order valence-electron chi connectivity index (χ4n) is 1.96. The summed E-state index contributed by atoms with van der Waals surface area (Å²) in [7, 11) is 2.01. The lowest BCUT2D eigenvalue weighted by Crippen LogP contribution is -2.21. The first-order valence-corrected chi connectivity index (χ1v) is 6.73. The molecule has 0 bridgehead atoms. The van der Waals surface area contributed by atoms with Crippen molar-refractivity contribution in [2.24, 2.45) is 5.73 Å². The molecule has 1 aliphatic heterocycles. The Morgan fingerprint density at radius 1 is 1.53 bits per heavy atom. The zero-order valence-electron chi connectivity index (χ0n) is 10.4. The highest BCUT2D eigenvalue weighted by Crippen LogP contribution is 2.31. The first-order valence-electron chi connectivity index (χ1n) is 5.85. The second-order valence-corrected chi connectivity index (χ2v) is 5.16. The molecule has 2 heterocycles. The number of rotatable bonds is 3. The zero-order valence-corrected chi connectivity index (χ0v) is 11.2. The first-order chi connectivity index (χ1) is 9.17. The summed E-state index contributed by atoms with van der Waals surface area (Å²) in [5, 5.41) is 5.16. The molecule has 6 heteroatoms. The number of hydrogen-bond donors (Lipinski definition) is 2. The maximum atomic E-state index is 11.2. The number of carbonyl (C=O) groups is 1. The van der Waals surface area contributed by atoms with Gasteiger partial charge in [-0.25, -0.2) is 4.98 Å². The number of thiazole rings is 1. The van der Waals surface area contributed by atoms with Crippen LogP contribution in [0.5, 0.6) is 0 Å². The summed E-state index contributed by atoms with van der Waals surface area (Å²) in [6.45, 7) is -0.0333. The summed E-state index contributed by atoms with van der Waals surface area (Å²) < 4.78 is 2.07. The summed E-state index contributed by atoms with van der Waals surface area (Å²) >= 11 is 1.40. The van der Waals surface area contributed by atoms with Crippen LogP contribution in [-0.2, 0) is 4.79 Å². The molecule has 0 saturated carbocycles. The van der Waals surface area contributed by atoms with E-state index < -0.39 is 0 Å². The lowest BCUT2D eigenvalue weighted by atomic mass is 10.0.